The van der Waals surface area contributed by atoms with Gasteiger partial charge in [-0.1, -0.05) is 0 Å². The highest BCUT2D eigenvalue weighted by Gasteiger charge is 2.15. The van der Waals surface area contributed by atoms with Crippen LogP contribution in [-0.4, -0.2) is 32.8 Å². The molecular formula is C19H18N4O3. The highest BCUT2D eigenvalue weighted by molar-refractivity contribution is 6.08. The molecule has 1 N–H and O–H groups in total. The number of nitrogens with one attached hydrogen (secondary N) is 1. The molecule has 0 saturated heterocycles. The normalized spacial score (nSPS) is 10.4. The molecule has 1 amide bonds. The molecule has 2 heterocycles. The van der Waals surface area contributed by atoms with Crippen LogP contribution in [0.1, 0.15) is 33.5 Å². The lowest BCUT2D eigenvalue weighted by atomic mass is 10.1. The maximum Gasteiger partial charge on any atom is 0.261 e. The van der Waals surface area contributed by atoms with E-state index in [1.54, 1.807) is 66.6 Å². The summed E-state index contributed by atoms with van der Waals surface area (Å²) in [6, 6.07) is 9.96. The molecular weight excluding hydrogens is 332 g/mol. The summed E-state index contributed by atoms with van der Waals surface area (Å²) in [6.07, 6.45) is 4.86. The molecule has 0 aliphatic heterocycles. The van der Waals surface area contributed by atoms with Crippen LogP contribution in [-0.2, 0) is 7.05 Å². The molecule has 0 atom stereocenters. The molecule has 1 aromatic carbocycles. The van der Waals surface area contributed by atoms with E-state index in [0.29, 0.717) is 29.2 Å². The Morgan fingerprint density at radius 2 is 1.88 bits per heavy atom. The summed E-state index contributed by atoms with van der Waals surface area (Å²) in [4.78, 5) is 33.0. The molecule has 132 valence electrons. The number of ketones is 1. The minimum Gasteiger partial charge on any atom is -0.477 e. The van der Waals surface area contributed by atoms with Crippen molar-refractivity contribution in [2.24, 2.45) is 7.05 Å². The highest BCUT2D eigenvalue weighted by Crippen LogP contribution is 2.18. The number of imidazole rings is 1. The first-order valence-electron chi connectivity index (χ1n) is 8.11. The molecule has 7 nitrogen and oxygen atoms in total. The number of hydrogen-bond donors (Lipinski definition) is 1. The van der Waals surface area contributed by atoms with E-state index in [9.17, 15) is 9.59 Å². The van der Waals surface area contributed by atoms with Crippen molar-refractivity contribution in [3.05, 3.63) is 71.9 Å². The van der Waals surface area contributed by atoms with Crippen LogP contribution in [0.5, 0.6) is 5.88 Å². The van der Waals surface area contributed by atoms with Crippen molar-refractivity contribution in [3.8, 4) is 5.88 Å². The fourth-order valence-electron chi connectivity index (χ4n) is 2.43. The number of aryl methyl sites for hydroxylation is 1. The van der Waals surface area contributed by atoms with Crippen molar-refractivity contribution in [3.63, 3.8) is 0 Å². The van der Waals surface area contributed by atoms with Gasteiger partial charge in [0.05, 0.1) is 6.61 Å². The van der Waals surface area contributed by atoms with Crippen LogP contribution in [0.4, 0.5) is 5.69 Å². The summed E-state index contributed by atoms with van der Waals surface area (Å²) in [7, 11) is 1.76. The third-order valence-electron chi connectivity index (χ3n) is 3.73. The van der Waals surface area contributed by atoms with Crippen molar-refractivity contribution in [1.29, 1.82) is 0 Å². The van der Waals surface area contributed by atoms with Gasteiger partial charge in [-0.05, 0) is 43.3 Å². The molecule has 0 radical (unpaired) electrons. The molecule has 2 aromatic heterocycles. The zero-order valence-corrected chi connectivity index (χ0v) is 14.5. The van der Waals surface area contributed by atoms with Crippen molar-refractivity contribution < 1.29 is 14.3 Å². The van der Waals surface area contributed by atoms with Gasteiger partial charge in [0.15, 0.2) is 5.82 Å². The lowest BCUT2D eigenvalue weighted by Crippen LogP contribution is -2.14. The molecule has 3 rings (SSSR count). The van der Waals surface area contributed by atoms with Gasteiger partial charge in [0.1, 0.15) is 5.56 Å². The van der Waals surface area contributed by atoms with Gasteiger partial charge in [-0.2, -0.15) is 0 Å². The van der Waals surface area contributed by atoms with Gasteiger partial charge in [0.2, 0.25) is 11.7 Å². The number of anilines is 1. The topological polar surface area (TPSA) is 86.1 Å². The molecule has 7 heteroatoms. The number of ether oxygens (including phenoxy) is 1. The summed E-state index contributed by atoms with van der Waals surface area (Å²) in [5.41, 5.74) is 1.41. The largest absolute Gasteiger partial charge is 0.477 e. The standard InChI is InChI=1S/C19H18N4O3/c1-3-26-19-15(5-4-10-21-19)18(25)22-14-8-6-13(7-9-14)16(24)17-20-11-12-23(17)2/h4-12H,3H2,1-2H3,(H,22,25). The van der Waals surface area contributed by atoms with Crippen LogP contribution in [0.2, 0.25) is 0 Å². The second kappa shape index (κ2) is 7.60. The van der Waals surface area contributed by atoms with Gasteiger partial charge in [-0.3, -0.25) is 9.59 Å². The molecule has 0 aliphatic rings. The maximum atomic E-state index is 12.4. The Kier molecular flexibility index (Phi) is 5.07. The summed E-state index contributed by atoms with van der Waals surface area (Å²) < 4.78 is 7.04. The molecule has 0 bridgehead atoms. The number of nitrogens with zero attached hydrogens (tertiary/aromatic N) is 3. The SMILES string of the molecule is CCOc1ncccc1C(=O)Nc1ccc(C(=O)c2nccn2C)cc1. The fourth-order valence-corrected chi connectivity index (χ4v) is 2.43. The first kappa shape index (κ1) is 17.3. The lowest BCUT2D eigenvalue weighted by Gasteiger charge is -2.09. The number of carbonyl (C=O) groups excluding carboxylic acids is 2. The average molecular weight is 350 g/mol. The first-order chi connectivity index (χ1) is 12.6. The lowest BCUT2D eigenvalue weighted by molar-refractivity contribution is 0.101. The number of amides is 1. The number of benzene rings is 1. The van der Waals surface area contributed by atoms with Crippen molar-refractivity contribution in [2.45, 2.75) is 6.92 Å². The Morgan fingerprint density at radius 3 is 2.54 bits per heavy atom. The van der Waals surface area contributed by atoms with Gasteiger partial charge in [0.25, 0.3) is 5.91 Å². The third kappa shape index (κ3) is 3.61. The van der Waals surface area contributed by atoms with E-state index in [0.717, 1.165) is 0 Å². The minimum absolute atomic E-state index is 0.179. The van der Waals surface area contributed by atoms with Gasteiger partial charge >= 0.3 is 0 Å². The summed E-state index contributed by atoms with van der Waals surface area (Å²) in [5.74, 6) is 0.138. The molecule has 0 saturated carbocycles. The number of hydrogen-bond acceptors (Lipinski definition) is 5. The van der Waals surface area contributed by atoms with Crippen LogP contribution >= 0.6 is 0 Å². The van der Waals surface area contributed by atoms with E-state index in [1.807, 2.05) is 6.92 Å². The first-order valence-corrected chi connectivity index (χ1v) is 8.11. The molecule has 0 spiro atoms. The molecule has 0 fully saturated rings. The Hall–Kier alpha value is -3.48. The van der Waals surface area contributed by atoms with Gasteiger partial charge in [0, 0.05) is 36.9 Å². The van der Waals surface area contributed by atoms with E-state index >= 15 is 0 Å². The predicted molar refractivity (Wildman–Crippen MR) is 96.4 cm³/mol. The number of pyridine rings is 1. The van der Waals surface area contributed by atoms with Crippen LogP contribution in [0.25, 0.3) is 0 Å². The quantitative estimate of drug-likeness (QED) is 0.691. The van der Waals surface area contributed by atoms with E-state index < -0.39 is 0 Å². The third-order valence-corrected chi connectivity index (χ3v) is 3.73. The van der Waals surface area contributed by atoms with Crippen molar-refractivity contribution >= 4 is 17.4 Å². The maximum absolute atomic E-state index is 12.4. The molecule has 0 aliphatic carbocycles. The Morgan fingerprint density at radius 1 is 1.12 bits per heavy atom. The van der Waals surface area contributed by atoms with Crippen molar-refractivity contribution in [2.75, 3.05) is 11.9 Å². The van der Waals surface area contributed by atoms with Crippen LogP contribution in [0.15, 0.2) is 55.0 Å². The van der Waals surface area contributed by atoms with Crippen LogP contribution in [0, 0.1) is 0 Å². The fraction of sp³-hybridized carbons (Fsp3) is 0.158. The Balaban J connectivity index is 1.75. The number of aromatic nitrogens is 3. The molecule has 0 unspecified atom stereocenters. The second-order valence-corrected chi connectivity index (χ2v) is 5.51. The predicted octanol–water partition coefficient (Wildman–Crippen LogP) is 2.70. The monoisotopic (exact) mass is 350 g/mol. The van der Waals surface area contributed by atoms with Crippen molar-refractivity contribution in [1.82, 2.24) is 14.5 Å². The summed E-state index contributed by atoms with van der Waals surface area (Å²) in [6.45, 7) is 2.25. The van der Waals surface area contributed by atoms with Crippen LogP contribution < -0.4 is 10.1 Å². The molecule has 3 aromatic rings. The minimum atomic E-state index is -0.329. The van der Waals surface area contributed by atoms with Gasteiger partial charge in [-0.25, -0.2) is 9.97 Å². The van der Waals surface area contributed by atoms with E-state index in [4.69, 9.17) is 4.74 Å². The second-order valence-electron chi connectivity index (χ2n) is 5.51. The van der Waals surface area contributed by atoms with Gasteiger partial charge in [-0.15, -0.1) is 0 Å². The Labute approximate surface area is 150 Å². The number of rotatable bonds is 6. The van der Waals surface area contributed by atoms with E-state index in [2.05, 4.69) is 15.3 Å². The zero-order chi connectivity index (χ0) is 18.5. The summed E-state index contributed by atoms with van der Waals surface area (Å²) >= 11 is 0. The van der Waals surface area contributed by atoms with Crippen LogP contribution in [0.3, 0.4) is 0 Å². The average Bonchev–Trinajstić information content (AvgIpc) is 3.08. The zero-order valence-electron chi connectivity index (χ0n) is 14.5. The number of carbonyl (C=O) groups is 2. The smallest absolute Gasteiger partial charge is 0.261 e. The highest BCUT2D eigenvalue weighted by atomic mass is 16.5. The molecule has 26 heavy (non-hydrogen) atoms. The Bertz CT molecular complexity index is 932. The summed E-state index contributed by atoms with van der Waals surface area (Å²) in [5, 5.41) is 2.78. The van der Waals surface area contributed by atoms with E-state index in [-0.39, 0.29) is 17.6 Å². The van der Waals surface area contributed by atoms with E-state index in [1.165, 1.54) is 0 Å². The van der Waals surface area contributed by atoms with Gasteiger partial charge < -0.3 is 14.6 Å².